The number of benzene rings is 1. The Hall–Kier alpha value is -0.990. The van der Waals surface area contributed by atoms with Crippen LogP contribution in [0.1, 0.15) is 43.3 Å². The van der Waals surface area contributed by atoms with Gasteiger partial charge in [0.05, 0.1) is 6.04 Å². The van der Waals surface area contributed by atoms with Gasteiger partial charge in [-0.1, -0.05) is 0 Å². The maximum atomic E-state index is 14.0. The molecule has 1 N–H and O–H groups in total. The van der Waals surface area contributed by atoms with Crippen LogP contribution < -0.4 is 9.46 Å². The zero-order valence-corrected chi connectivity index (χ0v) is 12.4. The van der Waals surface area contributed by atoms with Crippen molar-refractivity contribution in [1.82, 2.24) is 4.72 Å². The van der Waals surface area contributed by atoms with Crippen molar-refractivity contribution in [3.05, 3.63) is 29.6 Å². The first kappa shape index (κ1) is 13.7. The maximum Gasteiger partial charge on any atom is 0.573 e. The van der Waals surface area contributed by atoms with Crippen molar-refractivity contribution in [2.24, 2.45) is 0 Å². The standard InChI is InChI=1S/C13H17F4NO2S/c1-8(18-21(19)12(2,3)4)10-7-9(5-6-11(10)14)20-13(15,16)17/h5-8,18H,1-4H3/i1D3. The lowest BCUT2D eigenvalue weighted by Crippen LogP contribution is -2.40. The summed E-state index contributed by atoms with van der Waals surface area (Å²) in [7, 11) is 0. The highest BCUT2D eigenvalue weighted by molar-refractivity contribution is 7.90. The number of alkyl halides is 3. The van der Waals surface area contributed by atoms with Gasteiger partial charge in [0.1, 0.15) is 16.3 Å². The fourth-order valence-corrected chi connectivity index (χ4v) is 1.98. The van der Waals surface area contributed by atoms with E-state index >= 15 is 0 Å². The van der Waals surface area contributed by atoms with E-state index in [1.54, 1.807) is 20.8 Å². The quantitative estimate of drug-likeness (QED) is 0.674. The molecule has 21 heavy (non-hydrogen) atoms. The Morgan fingerprint density at radius 2 is 1.95 bits per heavy atom. The van der Waals surface area contributed by atoms with Crippen LogP contribution in [0.2, 0.25) is 0 Å². The number of nitrogens with one attached hydrogen (secondary N) is 1. The zero-order valence-electron chi connectivity index (χ0n) is 14.5. The molecule has 8 heteroatoms. The van der Waals surface area contributed by atoms with Gasteiger partial charge in [0.25, 0.3) is 0 Å². The molecule has 0 aromatic heterocycles. The third kappa shape index (κ3) is 5.72. The lowest BCUT2D eigenvalue weighted by molar-refractivity contribution is -0.274. The van der Waals surface area contributed by atoms with E-state index in [0.717, 1.165) is 6.07 Å². The molecule has 0 spiro atoms. The molecule has 0 aliphatic rings. The van der Waals surface area contributed by atoms with Crippen molar-refractivity contribution in [1.29, 1.82) is 0 Å². The lowest BCUT2D eigenvalue weighted by Gasteiger charge is -2.26. The predicted octanol–water partition coefficient (Wildman–Crippen LogP) is 3.84. The van der Waals surface area contributed by atoms with E-state index in [-0.39, 0.29) is 0 Å². The highest BCUT2D eigenvalue weighted by Crippen LogP contribution is 2.28. The fraction of sp³-hybridized carbons (Fsp3) is 0.538. The van der Waals surface area contributed by atoms with Gasteiger partial charge in [0.15, 0.2) is 0 Å². The molecule has 2 atom stereocenters. The van der Waals surface area contributed by atoms with Crippen LogP contribution in [0.25, 0.3) is 0 Å². The molecule has 0 bridgehead atoms. The molecule has 3 nitrogen and oxygen atoms in total. The molecule has 0 aliphatic carbocycles. The number of ether oxygens (including phenoxy) is 1. The molecular weight excluding hydrogens is 310 g/mol. The van der Waals surface area contributed by atoms with E-state index in [2.05, 4.69) is 9.46 Å². The summed E-state index contributed by atoms with van der Waals surface area (Å²) in [5.41, 5.74) is -0.589. The minimum atomic E-state index is -5.01. The highest BCUT2D eigenvalue weighted by atomic mass is 32.2. The molecule has 0 saturated carbocycles. The number of halogens is 4. The Labute approximate surface area is 128 Å². The predicted molar refractivity (Wildman–Crippen MR) is 72.5 cm³/mol. The van der Waals surface area contributed by atoms with Gasteiger partial charge in [0.2, 0.25) is 0 Å². The summed E-state index contributed by atoms with van der Waals surface area (Å²) >= 11 is -1.89. The highest BCUT2D eigenvalue weighted by Gasteiger charge is 2.32. The van der Waals surface area contributed by atoms with E-state index in [1.807, 2.05) is 0 Å². The van der Waals surface area contributed by atoms with Crippen molar-refractivity contribution in [2.45, 2.75) is 44.8 Å². The minimum Gasteiger partial charge on any atom is -0.598 e. The van der Waals surface area contributed by atoms with E-state index in [0.29, 0.717) is 12.1 Å². The summed E-state index contributed by atoms with van der Waals surface area (Å²) in [6.07, 6.45) is -5.01. The summed E-state index contributed by atoms with van der Waals surface area (Å²) in [5, 5.41) is 0. The van der Waals surface area contributed by atoms with Gasteiger partial charge < -0.3 is 9.29 Å². The first-order chi connectivity index (χ1) is 10.6. The first-order valence-electron chi connectivity index (χ1n) is 7.34. The molecule has 1 aromatic rings. The second kappa shape index (κ2) is 6.41. The SMILES string of the molecule is [2H]C([2H])([2H])C(N[S+]([O-])C(C)(C)C)c1cc(OC(F)(F)F)ccc1F. The monoisotopic (exact) mass is 330 g/mol. The van der Waals surface area contributed by atoms with Crippen molar-refractivity contribution < 1.29 is 31.0 Å². The topological polar surface area (TPSA) is 44.3 Å². The van der Waals surface area contributed by atoms with Crippen molar-refractivity contribution in [2.75, 3.05) is 0 Å². The minimum absolute atomic E-state index is 0.589. The van der Waals surface area contributed by atoms with Crippen LogP contribution in [0.3, 0.4) is 0 Å². The molecule has 0 saturated heterocycles. The molecule has 0 heterocycles. The van der Waals surface area contributed by atoms with Gasteiger partial charge in [-0.25, -0.2) is 4.39 Å². The van der Waals surface area contributed by atoms with Crippen LogP contribution in [-0.2, 0) is 11.4 Å². The summed E-state index contributed by atoms with van der Waals surface area (Å²) in [6.45, 7) is 1.84. The molecule has 2 unspecified atom stereocenters. The van der Waals surface area contributed by atoms with Crippen molar-refractivity contribution >= 4 is 11.4 Å². The smallest absolute Gasteiger partial charge is 0.573 e. The third-order valence-electron chi connectivity index (χ3n) is 2.29. The zero-order chi connectivity index (χ0) is 18.9. The summed E-state index contributed by atoms with van der Waals surface area (Å²) in [5.74, 6) is -1.82. The Balaban J connectivity index is 3.26. The average Bonchev–Trinajstić information content (AvgIpc) is 2.34. The van der Waals surface area contributed by atoms with E-state index in [4.69, 9.17) is 4.11 Å². The molecule has 0 aliphatic heterocycles. The van der Waals surface area contributed by atoms with E-state index < -0.39 is 52.5 Å². The Kier molecular flexibility index (Phi) is 4.17. The van der Waals surface area contributed by atoms with Crippen LogP contribution in [0.4, 0.5) is 17.6 Å². The van der Waals surface area contributed by atoms with Gasteiger partial charge in [0, 0.05) is 21.0 Å². The number of hydrogen-bond acceptors (Lipinski definition) is 3. The summed E-state index contributed by atoms with van der Waals surface area (Å²) in [4.78, 5) is 0. The average molecular weight is 330 g/mol. The summed E-state index contributed by atoms with van der Waals surface area (Å²) in [6, 6.07) is 0.252. The Morgan fingerprint density at radius 3 is 2.43 bits per heavy atom. The van der Waals surface area contributed by atoms with Gasteiger partial charge in [-0.3, -0.25) is 0 Å². The van der Waals surface area contributed by atoms with Crippen LogP contribution >= 0.6 is 0 Å². The molecule has 0 radical (unpaired) electrons. The van der Waals surface area contributed by atoms with Gasteiger partial charge in [-0.05, 0) is 45.8 Å². The normalized spacial score (nSPS) is 18.4. The van der Waals surface area contributed by atoms with Crippen molar-refractivity contribution in [3.63, 3.8) is 0 Å². The van der Waals surface area contributed by atoms with Gasteiger partial charge in [-0.2, -0.15) is 0 Å². The first-order valence-corrected chi connectivity index (χ1v) is 6.99. The van der Waals surface area contributed by atoms with E-state index in [1.165, 1.54) is 0 Å². The number of rotatable bonds is 4. The molecule has 1 aromatic carbocycles. The third-order valence-corrected chi connectivity index (χ3v) is 3.86. The maximum absolute atomic E-state index is 14.0. The molecule has 0 fully saturated rings. The van der Waals surface area contributed by atoms with Gasteiger partial charge in [-0.15, -0.1) is 17.9 Å². The Bertz CT molecular complexity index is 576. The molecule has 1 rings (SSSR count). The van der Waals surface area contributed by atoms with Crippen LogP contribution in [0.5, 0.6) is 5.75 Å². The number of hydrogen-bond donors (Lipinski definition) is 1. The largest absolute Gasteiger partial charge is 0.598 e. The lowest BCUT2D eigenvalue weighted by atomic mass is 10.1. The molecular formula is C13H17F4NO2S. The van der Waals surface area contributed by atoms with Crippen LogP contribution in [0, 0.1) is 5.82 Å². The summed E-state index contributed by atoms with van der Waals surface area (Å²) < 4.78 is 90.5. The van der Waals surface area contributed by atoms with Crippen LogP contribution in [0.15, 0.2) is 18.2 Å². The fourth-order valence-electron chi connectivity index (χ4n) is 1.29. The van der Waals surface area contributed by atoms with E-state index in [9.17, 15) is 22.1 Å². The van der Waals surface area contributed by atoms with Crippen LogP contribution in [-0.4, -0.2) is 15.7 Å². The molecule has 0 amide bonds. The Morgan fingerprint density at radius 1 is 1.33 bits per heavy atom. The van der Waals surface area contributed by atoms with Crippen molar-refractivity contribution in [3.8, 4) is 5.75 Å². The van der Waals surface area contributed by atoms with Gasteiger partial charge >= 0.3 is 6.36 Å². The second-order valence-corrected chi connectivity index (χ2v) is 7.16. The second-order valence-electron chi connectivity index (χ2n) is 5.16. The molecule has 120 valence electrons.